The van der Waals surface area contributed by atoms with E-state index in [1.807, 2.05) is 29.9 Å². The Balaban J connectivity index is 2.13. The fraction of sp³-hybridized carbons (Fsp3) is 0.312. The van der Waals surface area contributed by atoms with Crippen LogP contribution in [-0.4, -0.2) is 24.0 Å². The first-order valence-electron chi connectivity index (χ1n) is 6.69. The molecule has 4 heteroatoms. The Morgan fingerprint density at radius 1 is 1.15 bits per heavy atom. The van der Waals surface area contributed by atoms with Gasteiger partial charge in [0.2, 0.25) is 0 Å². The molecule has 0 saturated heterocycles. The summed E-state index contributed by atoms with van der Waals surface area (Å²) in [6.45, 7) is 0. The van der Waals surface area contributed by atoms with Crippen molar-refractivity contribution < 1.29 is 9.47 Å². The van der Waals surface area contributed by atoms with E-state index in [2.05, 4.69) is 17.3 Å². The van der Waals surface area contributed by atoms with E-state index in [0.717, 1.165) is 35.6 Å². The second-order valence-corrected chi connectivity index (χ2v) is 4.84. The van der Waals surface area contributed by atoms with Crippen LogP contribution in [-0.2, 0) is 13.5 Å². The molecule has 20 heavy (non-hydrogen) atoms. The van der Waals surface area contributed by atoms with Crippen LogP contribution in [0.3, 0.4) is 0 Å². The first-order chi connectivity index (χ1) is 9.74. The number of hydrogen-bond acceptors (Lipinski definition) is 3. The summed E-state index contributed by atoms with van der Waals surface area (Å²) >= 11 is 0. The highest BCUT2D eigenvalue weighted by molar-refractivity contribution is 5.76. The molecule has 0 radical (unpaired) electrons. The van der Waals surface area contributed by atoms with Crippen LogP contribution < -0.4 is 9.47 Å². The zero-order chi connectivity index (χ0) is 14.1. The van der Waals surface area contributed by atoms with E-state index in [4.69, 9.17) is 9.47 Å². The second kappa shape index (κ2) is 5.04. The maximum Gasteiger partial charge on any atom is 0.161 e. The molecular weight excluding hydrogens is 252 g/mol. The highest BCUT2D eigenvalue weighted by Crippen LogP contribution is 2.35. The smallest absolute Gasteiger partial charge is 0.161 e. The molecule has 4 nitrogen and oxygen atoms in total. The largest absolute Gasteiger partial charge is 0.493 e. The van der Waals surface area contributed by atoms with Crippen molar-refractivity contribution in [1.29, 1.82) is 0 Å². The molecule has 0 amide bonds. The van der Waals surface area contributed by atoms with Gasteiger partial charge in [-0.3, -0.25) is 4.68 Å². The van der Waals surface area contributed by atoms with Crippen LogP contribution in [0.4, 0.5) is 0 Å². The van der Waals surface area contributed by atoms with Gasteiger partial charge >= 0.3 is 0 Å². The fourth-order valence-corrected chi connectivity index (χ4v) is 2.66. The summed E-state index contributed by atoms with van der Waals surface area (Å²) in [5.41, 5.74) is 4.55. The van der Waals surface area contributed by atoms with Crippen LogP contribution in [0.15, 0.2) is 24.3 Å². The minimum absolute atomic E-state index is 0.726. The van der Waals surface area contributed by atoms with Crippen LogP contribution in [0.25, 0.3) is 17.3 Å². The Labute approximate surface area is 118 Å². The minimum Gasteiger partial charge on any atom is -0.493 e. The number of fused-ring (bicyclic) bond motifs is 1. The molecule has 0 unspecified atom stereocenters. The summed E-state index contributed by atoms with van der Waals surface area (Å²) in [5.74, 6) is 1.46. The van der Waals surface area contributed by atoms with Gasteiger partial charge in [0, 0.05) is 23.9 Å². The molecule has 1 aromatic carbocycles. The van der Waals surface area contributed by atoms with E-state index >= 15 is 0 Å². The van der Waals surface area contributed by atoms with Crippen molar-refractivity contribution in [1.82, 2.24) is 9.78 Å². The van der Waals surface area contributed by atoms with E-state index in [9.17, 15) is 0 Å². The van der Waals surface area contributed by atoms with Gasteiger partial charge in [0.05, 0.1) is 19.9 Å². The monoisotopic (exact) mass is 270 g/mol. The Morgan fingerprint density at radius 2 is 1.95 bits per heavy atom. The molecule has 0 bridgehead atoms. The van der Waals surface area contributed by atoms with Crippen molar-refractivity contribution in [3.8, 4) is 22.8 Å². The Morgan fingerprint density at radius 3 is 2.70 bits per heavy atom. The number of nitrogens with zero attached hydrogens (tertiary/aromatic N) is 2. The molecule has 104 valence electrons. The Kier molecular flexibility index (Phi) is 3.22. The summed E-state index contributed by atoms with van der Waals surface area (Å²) in [5, 5.41) is 4.66. The lowest BCUT2D eigenvalue weighted by Gasteiger charge is -2.10. The number of methoxy groups -OCH3 is 2. The predicted molar refractivity (Wildman–Crippen MR) is 79.1 cm³/mol. The molecule has 0 saturated carbocycles. The Hall–Kier alpha value is -2.23. The summed E-state index contributed by atoms with van der Waals surface area (Å²) in [6.07, 6.45) is 6.49. The lowest BCUT2D eigenvalue weighted by molar-refractivity contribution is 0.355. The van der Waals surface area contributed by atoms with E-state index in [1.165, 1.54) is 11.3 Å². The quantitative estimate of drug-likeness (QED) is 0.860. The van der Waals surface area contributed by atoms with Gasteiger partial charge < -0.3 is 9.47 Å². The molecular formula is C16H18N2O2. The molecule has 2 aromatic rings. The zero-order valence-corrected chi connectivity index (χ0v) is 12.0. The Bertz CT molecular complexity index is 671. The van der Waals surface area contributed by atoms with Gasteiger partial charge in [-0.1, -0.05) is 12.2 Å². The highest BCUT2D eigenvalue weighted by atomic mass is 16.5. The molecule has 0 atom stereocenters. The molecule has 1 aliphatic carbocycles. The van der Waals surface area contributed by atoms with E-state index in [0.29, 0.717) is 0 Å². The number of ether oxygens (including phenoxy) is 2. The van der Waals surface area contributed by atoms with Gasteiger partial charge in [0.15, 0.2) is 11.5 Å². The third kappa shape index (κ3) is 1.97. The number of benzene rings is 1. The lowest BCUT2D eigenvalue weighted by atomic mass is 9.99. The SMILES string of the molecule is COc1ccc(-c2nn(C)c3c2C=CCC3)cc1OC. The number of aryl methyl sites for hydroxylation is 1. The van der Waals surface area contributed by atoms with Crippen molar-refractivity contribution >= 4 is 6.08 Å². The third-order valence-corrected chi connectivity index (χ3v) is 3.70. The van der Waals surface area contributed by atoms with Crippen LogP contribution in [0.1, 0.15) is 17.7 Å². The molecule has 0 fully saturated rings. The van der Waals surface area contributed by atoms with Gasteiger partial charge in [-0.2, -0.15) is 5.10 Å². The van der Waals surface area contributed by atoms with Crippen molar-refractivity contribution in [2.45, 2.75) is 12.8 Å². The molecule has 1 aliphatic rings. The van der Waals surface area contributed by atoms with Crippen LogP contribution in [0, 0.1) is 0 Å². The van der Waals surface area contributed by atoms with E-state index in [-0.39, 0.29) is 0 Å². The first kappa shape index (κ1) is 12.8. The van der Waals surface area contributed by atoms with E-state index < -0.39 is 0 Å². The molecule has 1 heterocycles. The van der Waals surface area contributed by atoms with Crippen molar-refractivity contribution in [3.63, 3.8) is 0 Å². The molecule has 0 spiro atoms. The molecule has 3 rings (SSSR count). The lowest BCUT2D eigenvalue weighted by Crippen LogP contribution is -2.00. The topological polar surface area (TPSA) is 36.3 Å². The zero-order valence-electron chi connectivity index (χ0n) is 12.0. The maximum absolute atomic E-state index is 5.37. The third-order valence-electron chi connectivity index (χ3n) is 3.70. The summed E-state index contributed by atoms with van der Waals surface area (Å²) in [4.78, 5) is 0. The summed E-state index contributed by atoms with van der Waals surface area (Å²) < 4.78 is 12.6. The van der Waals surface area contributed by atoms with Crippen molar-refractivity contribution in [2.24, 2.45) is 7.05 Å². The first-order valence-corrected chi connectivity index (χ1v) is 6.69. The van der Waals surface area contributed by atoms with Gasteiger partial charge in [0.25, 0.3) is 0 Å². The number of rotatable bonds is 3. The average Bonchev–Trinajstić information content (AvgIpc) is 2.84. The van der Waals surface area contributed by atoms with E-state index in [1.54, 1.807) is 14.2 Å². The van der Waals surface area contributed by atoms with Gasteiger partial charge in [-0.05, 0) is 31.0 Å². The van der Waals surface area contributed by atoms with Gasteiger partial charge in [-0.15, -0.1) is 0 Å². The molecule has 0 N–H and O–H groups in total. The van der Waals surface area contributed by atoms with Crippen LogP contribution in [0.2, 0.25) is 0 Å². The predicted octanol–water partition coefficient (Wildman–Crippen LogP) is 3.06. The second-order valence-electron chi connectivity index (χ2n) is 4.84. The van der Waals surface area contributed by atoms with Crippen molar-refractivity contribution in [2.75, 3.05) is 14.2 Å². The maximum atomic E-state index is 5.37. The molecule has 1 aromatic heterocycles. The minimum atomic E-state index is 0.726. The standard InChI is InChI=1S/C16H18N2O2/c1-18-13-7-5-4-6-12(13)16(17-18)11-8-9-14(19-2)15(10-11)20-3/h4,6,8-10H,5,7H2,1-3H3. The summed E-state index contributed by atoms with van der Waals surface area (Å²) in [6, 6.07) is 5.91. The number of allylic oxidation sites excluding steroid dienone is 1. The van der Waals surface area contributed by atoms with Crippen LogP contribution in [0.5, 0.6) is 11.5 Å². The molecule has 0 aliphatic heterocycles. The normalized spacial score (nSPS) is 13.2. The van der Waals surface area contributed by atoms with Gasteiger partial charge in [-0.25, -0.2) is 0 Å². The number of hydrogen-bond donors (Lipinski definition) is 0. The summed E-state index contributed by atoms with van der Waals surface area (Å²) in [7, 11) is 5.29. The average molecular weight is 270 g/mol. The van der Waals surface area contributed by atoms with Crippen LogP contribution >= 0.6 is 0 Å². The fourth-order valence-electron chi connectivity index (χ4n) is 2.66. The van der Waals surface area contributed by atoms with Gasteiger partial charge in [0.1, 0.15) is 0 Å². The van der Waals surface area contributed by atoms with Crippen molar-refractivity contribution in [3.05, 3.63) is 35.5 Å². The highest BCUT2D eigenvalue weighted by Gasteiger charge is 2.18. The number of aromatic nitrogens is 2.